The van der Waals surface area contributed by atoms with E-state index >= 15 is 0 Å². The minimum absolute atomic E-state index is 0.197. The van der Waals surface area contributed by atoms with Crippen LogP contribution in [0.1, 0.15) is 19.8 Å². The number of imide groups is 1. The third kappa shape index (κ3) is 4.24. The van der Waals surface area contributed by atoms with Crippen LogP contribution in [0.3, 0.4) is 0 Å². The Bertz CT molecular complexity index is 491. The average Bonchev–Trinajstić information content (AvgIpc) is 3.15. The first-order chi connectivity index (χ1) is 9.06. The maximum Gasteiger partial charge on any atom is 0.321 e. The lowest BCUT2D eigenvalue weighted by atomic mass is 10.3. The van der Waals surface area contributed by atoms with Crippen LogP contribution in [0.4, 0.5) is 9.18 Å². The van der Waals surface area contributed by atoms with E-state index in [4.69, 9.17) is 0 Å². The van der Waals surface area contributed by atoms with Gasteiger partial charge in [0.25, 0.3) is 0 Å². The van der Waals surface area contributed by atoms with Gasteiger partial charge in [0.15, 0.2) is 0 Å². The highest BCUT2D eigenvalue weighted by Gasteiger charge is 2.25. The van der Waals surface area contributed by atoms with Crippen molar-refractivity contribution in [1.82, 2.24) is 10.6 Å². The second-order valence-electron chi connectivity index (χ2n) is 4.43. The van der Waals surface area contributed by atoms with Gasteiger partial charge in [-0.05, 0) is 31.9 Å². The highest BCUT2D eigenvalue weighted by Crippen LogP contribution is 2.25. The molecule has 0 heterocycles. The fraction of sp³-hybridized carbons (Fsp3) is 0.385. The summed E-state index contributed by atoms with van der Waals surface area (Å²) in [5, 5.41) is 4.38. The zero-order valence-corrected chi connectivity index (χ0v) is 11.3. The molecular weight excluding hydrogens is 267 g/mol. The molecular formula is C13H15FN2O2S. The Morgan fingerprint density at radius 1 is 1.37 bits per heavy atom. The molecule has 2 N–H and O–H groups in total. The van der Waals surface area contributed by atoms with Crippen LogP contribution in [0.15, 0.2) is 29.2 Å². The number of halogens is 1. The minimum atomic E-state index is -0.540. The predicted octanol–water partition coefficient (Wildman–Crippen LogP) is 2.29. The fourth-order valence-electron chi connectivity index (χ4n) is 1.45. The Labute approximate surface area is 115 Å². The second-order valence-corrected chi connectivity index (χ2v) is 5.81. The molecule has 1 fully saturated rings. The van der Waals surface area contributed by atoms with E-state index in [1.54, 1.807) is 25.1 Å². The van der Waals surface area contributed by atoms with Crippen LogP contribution in [0, 0.1) is 5.82 Å². The van der Waals surface area contributed by atoms with E-state index in [9.17, 15) is 14.0 Å². The van der Waals surface area contributed by atoms with E-state index in [0.717, 1.165) is 24.6 Å². The van der Waals surface area contributed by atoms with E-state index in [0.29, 0.717) is 4.90 Å². The summed E-state index contributed by atoms with van der Waals surface area (Å²) in [6.45, 7) is 1.64. The minimum Gasteiger partial charge on any atom is -0.335 e. The maximum absolute atomic E-state index is 13.4. The molecule has 0 saturated heterocycles. The highest BCUT2D eigenvalue weighted by molar-refractivity contribution is 8.00. The molecule has 0 aliphatic heterocycles. The molecule has 1 aromatic carbocycles. The summed E-state index contributed by atoms with van der Waals surface area (Å²) in [5.74, 6) is -0.791. The number of rotatable bonds is 4. The number of thioether (sulfide) groups is 1. The number of benzene rings is 1. The van der Waals surface area contributed by atoms with Crippen molar-refractivity contribution in [2.75, 3.05) is 0 Å². The van der Waals surface area contributed by atoms with E-state index in [-0.39, 0.29) is 11.9 Å². The lowest BCUT2D eigenvalue weighted by Gasteiger charge is -2.12. The number of hydrogen-bond donors (Lipinski definition) is 2. The molecule has 1 atom stereocenters. The van der Waals surface area contributed by atoms with Gasteiger partial charge >= 0.3 is 6.03 Å². The summed E-state index contributed by atoms with van der Waals surface area (Å²) < 4.78 is 13.4. The molecule has 6 heteroatoms. The predicted molar refractivity (Wildman–Crippen MR) is 71.4 cm³/mol. The van der Waals surface area contributed by atoms with Crippen molar-refractivity contribution >= 4 is 23.7 Å². The smallest absolute Gasteiger partial charge is 0.321 e. The van der Waals surface area contributed by atoms with Crippen LogP contribution < -0.4 is 10.6 Å². The molecule has 0 radical (unpaired) electrons. The molecule has 0 spiro atoms. The lowest BCUT2D eigenvalue weighted by Crippen LogP contribution is -2.43. The molecule has 3 amide bonds. The van der Waals surface area contributed by atoms with Gasteiger partial charge < -0.3 is 5.32 Å². The Morgan fingerprint density at radius 2 is 2.05 bits per heavy atom. The van der Waals surface area contributed by atoms with Crippen molar-refractivity contribution in [2.24, 2.45) is 0 Å². The van der Waals surface area contributed by atoms with Crippen LogP contribution in [0.2, 0.25) is 0 Å². The number of amides is 3. The quantitative estimate of drug-likeness (QED) is 0.833. The van der Waals surface area contributed by atoms with Crippen molar-refractivity contribution in [3.63, 3.8) is 0 Å². The third-order valence-electron chi connectivity index (χ3n) is 2.66. The summed E-state index contributed by atoms with van der Waals surface area (Å²) in [7, 11) is 0. The summed E-state index contributed by atoms with van der Waals surface area (Å²) >= 11 is 1.09. The van der Waals surface area contributed by atoms with Crippen LogP contribution in [-0.4, -0.2) is 23.2 Å². The Morgan fingerprint density at radius 3 is 2.68 bits per heavy atom. The molecule has 19 heavy (non-hydrogen) atoms. The van der Waals surface area contributed by atoms with Gasteiger partial charge in [0.1, 0.15) is 5.82 Å². The largest absolute Gasteiger partial charge is 0.335 e. The molecule has 1 saturated carbocycles. The summed E-state index contributed by atoms with van der Waals surface area (Å²) in [6.07, 6.45) is 1.92. The van der Waals surface area contributed by atoms with E-state index in [2.05, 4.69) is 10.6 Å². The van der Waals surface area contributed by atoms with Gasteiger partial charge in [-0.25, -0.2) is 9.18 Å². The van der Waals surface area contributed by atoms with Gasteiger partial charge in [0.2, 0.25) is 5.91 Å². The molecule has 1 aromatic rings. The van der Waals surface area contributed by atoms with E-state index in [1.807, 2.05) is 0 Å². The molecule has 2 rings (SSSR count). The maximum atomic E-state index is 13.4. The number of hydrogen-bond acceptors (Lipinski definition) is 3. The summed E-state index contributed by atoms with van der Waals surface area (Å²) in [4.78, 5) is 23.6. The SMILES string of the molecule is CC(Sc1ccccc1F)C(=O)NC(=O)NC1CC1. The van der Waals surface area contributed by atoms with Gasteiger partial charge in [-0.3, -0.25) is 10.1 Å². The van der Waals surface area contributed by atoms with Gasteiger partial charge in [0, 0.05) is 10.9 Å². The molecule has 1 unspecified atom stereocenters. The Hall–Kier alpha value is -1.56. The van der Waals surface area contributed by atoms with Crippen molar-refractivity contribution in [2.45, 2.75) is 36.0 Å². The van der Waals surface area contributed by atoms with Crippen LogP contribution in [-0.2, 0) is 4.79 Å². The number of carbonyl (C=O) groups is 2. The molecule has 1 aliphatic rings. The second kappa shape index (κ2) is 6.06. The van der Waals surface area contributed by atoms with Gasteiger partial charge in [0.05, 0.1) is 5.25 Å². The zero-order chi connectivity index (χ0) is 13.8. The topological polar surface area (TPSA) is 58.2 Å². The molecule has 1 aliphatic carbocycles. The van der Waals surface area contributed by atoms with E-state index in [1.165, 1.54) is 6.07 Å². The normalized spacial score (nSPS) is 15.7. The first-order valence-electron chi connectivity index (χ1n) is 6.09. The molecule has 0 aromatic heterocycles. The van der Waals surface area contributed by atoms with Crippen molar-refractivity contribution in [3.05, 3.63) is 30.1 Å². The summed E-state index contributed by atoms with van der Waals surface area (Å²) in [6, 6.07) is 5.96. The summed E-state index contributed by atoms with van der Waals surface area (Å²) in [5.41, 5.74) is 0. The lowest BCUT2D eigenvalue weighted by molar-refractivity contribution is -0.119. The monoisotopic (exact) mass is 282 g/mol. The Kier molecular flexibility index (Phi) is 4.42. The first kappa shape index (κ1) is 13.9. The highest BCUT2D eigenvalue weighted by atomic mass is 32.2. The van der Waals surface area contributed by atoms with Crippen molar-refractivity contribution < 1.29 is 14.0 Å². The average molecular weight is 282 g/mol. The van der Waals surface area contributed by atoms with Crippen LogP contribution in [0.5, 0.6) is 0 Å². The van der Waals surface area contributed by atoms with Crippen LogP contribution in [0.25, 0.3) is 0 Å². The van der Waals surface area contributed by atoms with Gasteiger partial charge in [-0.15, -0.1) is 11.8 Å². The molecule has 102 valence electrons. The molecule has 0 bridgehead atoms. The Balaban J connectivity index is 1.84. The van der Waals surface area contributed by atoms with Gasteiger partial charge in [-0.2, -0.15) is 0 Å². The fourth-order valence-corrected chi connectivity index (χ4v) is 2.33. The van der Waals surface area contributed by atoms with Crippen molar-refractivity contribution in [1.29, 1.82) is 0 Å². The van der Waals surface area contributed by atoms with E-state index < -0.39 is 17.2 Å². The van der Waals surface area contributed by atoms with Crippen LogP contribution >= 0.6 is 11.8 Å². The number of urea groups is 1. The first-order valence-corrected chi connectivity index (χ1v) is 6.97. The standard InChI is InChI=1S/C13H15FN2O2S/c1-8(19-11-5-3-2-4-10(11)14)12(17)16-13(18)15-9-6-7-9/h2-5,8-9H,6-7H2,1H3,(H2,15,16,17,18). The number of nitrogens with one attached hydrogen (secondary N) is 2. The number of carbonyl (C=O) groups excluding carboxylic acids is 2. The zero-order valence-electron chi connectivity index (χ0n) is 10.5. The third-order valence-corrected chi connectivity index (χ3v) is 3.81. The molecule has 4 nitrogen and oxygen atoms in total. The van der Waals surface area contributed by atoms with Gasteiger partial charge in [-0.1, -0.05) is 12.1 Å². The van der Waals surface area contributed by atoms with Crippen molar-refractivity contribution in [3.8, 4) is 0 Å².